The van der Waals surface area contributed by atoms with Crippen molar-refractivity contribution in [2.75, 3.05) is 13.2 Å². The topological polar surface area (TPSA) is 60.7 Å². The molecule has 2 fully saturated rings. The molecule has 132 valence electrons. The number of hydrogen-bond acceptors (Lipinski definition) is 3. The second-order valence-corrected chi connectivity index (χ2v) is 8.52. The van der Waals surface area contributed by atoms with Gasteiger partial charge in [0.2, 0.25) is 0 Å². The van der Waals surface area contributed by atoms with Gasteiger partial charge < -0.3 is 15.3 Å². The summed E-state index contributed by atoms with van der Waals surface area (Å²) in [5.74, 6) is 1.10. The van der Waals surface area contributed by atoms with Gasteiger partial charge in [0, 0.05) is 0 Å². The number of hydrogen-bond donors (Lipinski definition) is 3. The summed E-state index contributed by atoms with van der Waals surface area (Å²) in [7, 11) is 0. The summed E-state index contributed by atoms with van der Waals surface area (Å²) >= 11 is 0. The minimum absolute atomic E-state index is 0.202. The second-order valence-electron chi connectivity index (χ2n) is 8.52. The lowest BCUT2D eigenvalue weighted by molar-refractivity contribution is -0.0511. The van der Waals surface area contributed by atoms with Crippen LogP contribution in [0, 0.1) is 22.7 Å². The summed E-state index contributed by atoms with van der Waals surface area (Å²) in [6.45, 7) is 11.0. The Labute approximate surface area is 141 Å². The van der Waals surface area contributed by atoms with Crippen molar-refractivity contribution < 1.29 is 15.3 Å². The molecule has 0 aromatic rings. The Hall–Kier alpha value is -0.640. The normalized spacial score (nSPS) is 35.7. The van der Waals surface area contributed by atoms with Crippen molar-refractivity contribution >= 4 is 0 Å². The lowest BCUT2D eigenvalue weighted by Gasteiger charge is -2.58. The van der Waals surface area contributed by atoms with E-state index < -0.39 is 6.10 Å². The summed E-state index contributed by atoms with van der Waals surface area (Å²) in [5.41, 5.74) is 2.47. The molecule has 3 nitrogen and oxygen atoms in total. The van der Waals surface area contributed by atoms with E-state index in [0.29, 0.717) is 22.8 Å². The first-order valence-electron chi connectivity index (χ1n) is 9.02. The molecular weight excluding hydrogens is 288 g/mol. The van der Waals surface area contributed by atoms with E-state index in [1.807, 2.05) is 6.08 Å². The molecule has 3 heteroatoms. The number of aliphatic hydroxyl groups is 3. The van der Waals surface area contributed by atoms with Crippen LogP contribution in [-0.4, -0.2) is 34.6 Å². The molecule has 0 amide bonds. The van der Waals surface area contributed by atoms with E-state index in [1.165, 1.54) is 31.3 Å². The summed E-state index contributed by atoms with van der Waals surface area (Å²) in [5, 5.41) is 28.3. The first-order valence-corrected chi connectivity index (χ1v) is 9.02. The highest BCUT2D eigenvalue weighted by Crippen LogP contribution is 2.61. The average Bonchev–Trinajstić information content (AvgIpc) is 2.48. The van der Waals surface area contributed by atoms with E-state index in [0.717, 1.165) is 12.8 Å². The molecule has 4 atom stereocenters. The van der Waals surface area contributed by atoms with Crippen LogP contribution in [0.2, 0.25) is 0 Å². The molecule has 0 heterocycles. The number of fused-ring (bicyclic) bond motifs is 1. The second kappa shape index (κ2) is 7.08. The molecule has 0 aliphatic heterocycles. The van der Waals surface area contributed by atoms with E-state index in [9.17, 15) is 10.2 Å². The average molecular weight is 322 g/mol. The predicted molar refractivity (Wildman–Crippen MR) is 94.0 cm³/mol. The SMILES string of the molecule is C=C1CCC2C(C)(C)CCCC2(C)C1CC=C(CO)C(O)CO. The van der Waals surface area contributed by atoms with Gasteiger partial charge in [-0.1, -0.05) is 45.4 Å². The largest absolute Gasteiger partial charge is 0.393 e. The Kier molecular flexibility index (Phi) is 5.76. The lowest BCUT2D eigenvalue weighted by atomic mass is 9.47. The van der Waals surface area contributed by atoms with E-state index in [2.05, 4.69) is 27.4 Å². The first kappa shape index (κ1) is 18.7. The maximum Gasteiger partial charge on any atom is 0.100 e. The summed E-state index contributed by atoms with van der Waals surface area (Å²) < 4.78 is 0. The first-order chi connectivity index (χ1) is 10.8. The van der Waals surface area contributed by atoms with Gasteiger partial charge in [0.25, 0.3) is 0 Å². The molecular formula is C20H34O3. The van der Waals surface area contributed by atoms with E-state index >= 15 is 0 Å². The van der Waals surface area contributed by atoms with Crippen LogP contribution in [0.1, 0.15) is 59.3 Å². The van der Waals surface area contributed by atoms with Crippen molar-refractivity contribution in [2.24, 2.45) is 22.7 Å². The van der Waals surface area contributed by atoms with Crippen LogP contribution in [-0.2, 0) is 0 Å². The summed E-state index contributed by atoms with van der Waals surface area (Å²) in [6.07, 6.45) is 7.89. The lowest BCUT2D eigenvalue weighted by Crippen LogP contribution is -2.49. The van der Waals surface area contributed by atoms with E-state index in [-0.39, 0.29) is 18.6 Å². The summed E-state index contributed by atoms with van der Waals surface area (Å²) in [4.78, 5) is 0. The van der Waals surface area contributed by atoms with Gasteiger partial charge in [-0.2, -0.15) is 0 Å². The van der Waals surface area contributed by atoms with Gasteiger partial charge in [-0.05, 0) is 60.3 Å². The molecule has 0 radical (unpaired) electrons. The molecule has 2 aliphatic carbocycles. The number of allylic oxidation sites excluding steroid dienone is 2. The molecule has 0 aromatic heterocycles. The molecule has 23 heavy (non-hydrogen) atoms. The Morgan fingerprint density at radius 3 is 2.61 bits per heavy atom. The number of rotatable bonds is 5. The molecule has 2 saturated carbocycles. The number of aliphatic hydroxyl groups excluding tert-OH is 3. The van der Waals surface area contributed by atoms with Crippen LogP contribution in [0.25, 0.3) is 0 Å². The molecule has 0 bridgehead atoms. The minimum atomic E-state index is -0.955. The highest BCUT2D eigenvalue weighted by Gasteiger charge is 2.52. The van der Waals surface area contributed by atoms with Gasteiger partial charge in [0.15, 0.2) is 0 Å². The van der Waals surface area contributed by atoms with E-state index in [4.69, 9.17) is 5.11 Å². The van der Waals surface area contributed by atoms with Crippen LogP contribution in [0.4, 0.5) is 0 Å². The third-order valence-electron chi connectivity index (χ3n) is 6.72. The van der Waals surface area contributed by atoms with Gasteiger partial charge in [0.1, 0.15) is 6.10 Å². The van der Waals surface area contributed by atoms with Crippen molar-refractivity contribution in [3.8, 4) is 0 Å². The van der Waals surface area contributed by atoms with Gasteiger partial charge in [-0.3, -0.25) is 0 Å². The standard InChI is InChI=1S/C20H34O3/c1-14-6-9-18-19(2,3)10-5-11-20(18,4)16(14)8-7-15(12-21)17(23)13-22/h7,16-18,21-23H,1,5-6,8-13H2,2-4H3. The highest BCUT2D eigenvalue weighted by molar-refractivity contribution is 5.19. The zero-order valence-corrected chi connectivity index (χ0v) is 15.0. The van der Waals surface area contributed by atoms with Crippen LogP contribution in [0.15, 0.2) is 23.8 Å². The fourth-order valence-electron chi connectivity index (χ4n) is 5.40. The van der Waals surface area contributed by atoms with Crippen molar-refractivity contribution in [3.63, 3.8) is 0 Å². The monoisotopic (exact) mass is 322 g/mol. The molecule has 2 aliphatic rings. The van der Waals surface area contributed by atoms with Crippen LogP contribution in [0.3, 0.4) is 0 Å². The van der Waals surface area contributed by atoms with E-state index in [1.54, 1.807) is 0 Å². The van der Waals surface area contributed by atoms with Crippen molar-refractivity contribution in [3.05, 3.63) is 23.8 Å². The van der Waals surface area contributed by atoms with Crippen LogP contribution < -0.4 is 0 Å². The highest BCUT2D eigenvalue weighted by atomic mass is 16.3. The van der Waals surface area contributed by atoms with Crippen LogP contribution >= 0.6 is 0 Å². The fraction of sp³-hybridized carbons (Fsp3) is 0.800. The molecule has 4 unspecified atom stereocenters. The Bertz CT molecular complexity index is 466. The van der Waals surface area contributed by atoms with Crippen molar-refractivity contribution in [2.45, 2.75) is 65.4 Å². The molecule has 3 N–H and O–H groups in total. The maximum atomic E-state index is 9.79. The molecule has 0 spiro atoms. The minimum Gasteiger partial charge on any atom is -0.393 e. The van der Waals surface area contributed by atoms with Crippen molar-refractivity contribution in [1.29, 1.82) is 0 Å². The Balaban J connectivity index is 2.25. The van der Waals surface area contributed by atoms with Gasteiger partial charge in [0.05, 0.1) is 13.2 Å². The molecule has 0 saturated heterocycles. The van der Waals surface area contributed by atoms with Crippen molar-refractivity contribution in [1.82, 2.24) is 0 Å². The zero-order chi connectivity index (χ0) is 17.3. The third kappa shape index (κ3) is 3.57. The van der Waals surface area contributed by atoms with Gasteiger partial charge >= 0.3 is 0 Å². The molecule has 0 aromatic carbocycles. The van der Waals surface area contributed by atoms with Gasteiger partial charge in [-0.25, -0.2) is 0 Å². The smallest absolute Gasteiger partial charge is 0.100 e. The Morgan fingerprint density at radius 2 is 2.00 bits per heavy atom. The molecule has 2 rings (SSSR count). The fourth-order valence-corrected chi connectivity index (χ4v) is 5.40. The predicted octanol–water partition coefficient (Wildman–Crippen LogP) is 3.45. The maximum absolute atomic E-state index is 9.79. The quantitative estimate of drug-likeness (QED) is 0.679. The Morgan fingerprint density at radius 1 is 1.30 bits per heavy atom. The zero-order valence-electron chi connectivity index (χ0n) is 15.0. The van der Waals surface area contributed by atoms with Crippen LogP contribution in [0.5, 0.6) is 0 Å². The third-order valence-corrected chi connectivity index (χ3v) is 6.72. The van der Waals surface area contributed by atoms with Gasteiger partial charge in [-0.15, -0.1) is 0 Å². The summed E-state index contributed by atoms with van der Waals surface area (Å²) in [6, 6.07) is 0.